The van der Waals surface area contributed by atoms with Gasteiger partial charge >= 0.3 is 0 Å². The number of carbonyl (C=O) groups excluding carboxylic acids is 1. The molecule has 0 unspecified atom stereocenters. The molecule has 13 heavy (non-hydrogen) atoms. The van der Waals surface area contributed by atoms with E-state index in [0.717, 1.165) is 0 Å². The van der Waals surface area contributed by atoms with Crippen molar-refractivity contribution in [2.75, 3.05) is 0 Å². The number of benzene rings is 1. The molecule has 0 saturated heterocycles. The minimum atomic E-state index is -0.799. The van der Waals surface area contributed by atoms with Crippen LogP contribution in [0.3, 0.4) is 0 Å². The van der Waals surface area contributed by atoms with E-state index in [-0.39, 0.29) is 11.1 Å². The maximum absolute atomic E-state index is 13.2. The molecule has 0 spiro atoms. The lowest BCUT2D eigenvalue weighted by Crippen LogP contribution is -2.14. The smallest absolute Gasteiger partial charge is 0.250 e. The molecule has 0 aliphatic carbocycles. The molecule has 1 aromatic carbocycles. The van der Waals surface area contributed by atoms with E-state index in [1.807, 2.05) is 0 Å². The number of hydrogen-bond acceptors (Lipinski definition) is 2. The van der Waals surface area contributed by atoms with Gasteiger partial charge in [0, 0.05) is 0 Å². The van der Waals surface area contributed by atoms with Crippen LogP contribution in [0.2, 0.25) is 0 Å². The molecule has 66 valence electrons. The van der Waals surface area contributed by atoms with E-state index >= 15 is 0 Å². The third-order valence-electron chi connectivity index (χ3n) is 1.47. The summed E-state index contributed by atoms with van der Waals surface area (Å²) in [5.41, 5.74) is 4.57. The van der Waals surface area contributed by atoms with Gasteiger partial charge in [0.05, 0.1) is 9.13 Å². The lowest BCUT2D eigenvalue weighted by atomic mass is 10.1. The highest BCUT2D eigenvalue weighted by molar-refractivity contribution is 14.1. The van der Waals surface area contributed by atoms with Crippen LogP contribution in [0, 0.1) is 20.7 Å². The highest BCUT2D eigenvalue weighted by Gasteiger charge is 2.14. The SMILES string of the molecule is N#Cc1c(C(N)=O)ccc(I)c1F. The highest BCUT2D eigenvalue weighted by atomic mass is 127. The van der Waals surface area contributed by atoms with Gasteiger partial charge < -0.3 is 5.73 Å². The summed E-state index contributed by atoms with van der Waals surface area (Å²) in [7, 11) is 0. The van der Waals surface area contributed by atoms with Crippen LogP contribution < -0.4 is 5.73 Å². The molecular weight excluding hydrogens is 286 g/mol. The summed E-state index contributed by atoms with van der Waals surface area (Å²) in [5, 5.41) is 8.57. The normalized spacial score (nSPS) is 9.31. The van der Waals surface area contributed by atoms with Crippen molar-refractivity contribution in [2.24, 2.45) is 5.73 Å². The lowest BCUT2D eigenvalue weighted by Gasteiger charge is -2.01. The minimum absolute atomic E-state index is 0.0829. The Kier molecular flexibility index (Phi) is 2.83. The summed E-state index contributed by atoms with van der Waals surface area (Å²) in [6.45, 7) is 0. The zero-order valence-electron chi connectivity index (χ0n) is 6.34. The average Bonchev–Trinajstić information content (AvgIpc) is 2.09. The van der Waals surface area contributed by atoms with Crippen molar-refractivity contribution in [3.63, 3.8) is 0 Å². The monoisotopic (exact) mass is 290 g/mol. The molecule has 2 N–H and O–H groups in total. The molecular formula is C8H4FIN2O. The number of nitrogens with two attached hydrogens (primary N) is 1. The van der Waals surface area contributed by atoms with Gasteiger partial charge in [0.25, 0.3) is 0 Å². The van der Waals surface area contributed by atoms with E-state index in [1.165, 1.54) is 12.1 Å². The summed E-state index contributed by atoms with van der Waals surface area (Å²) in [6.07, 6.45) is 0. The summed E-state index contributed by atoms with van der Waals surface area (Å²) >= 11 is 1.74. The van der Waals surface area contributed by atoms with Gasteiger partial charge in [0.2, 0.25) is 5.91 Å². The third kappa shape index (κ3) is 1.78. The molecule has 0 bridgehead atoms. The van der Waals surface area contributed by atoms with Crippen molar-refractivity contribution in [2.45, 2.75) is 0 Å². The summed E-state index contributed by atoms with van der Waals surface area (Å²) in [4.78, 5) is 10.7. The number of amides is 1. The number of hydrogen-bond donors (Lipinski definition) is 1. The number of halogens is 2. The summed E-state index contributed by atoms with van der Waals surface area (Å²) < 4.78 is 13.5. The molecule has 5 heteroatoms. The fourth-order valence-corrected chi connectivity index (χ4v) is 1.31. The van der Waals surface area contributed by atoms with E-state index < -0.39 is 11.7 Å². The van der Waals surface area contributed by atoms with E-state index in [0.29, 0.717) is 3.57 Å². The maximum atomic E-state index is 13.2. The highest BCUT2D eigenvalue weighted by Crippen LogP contribution is 2.18. The van der Waals surface area contributed by atoms with Crippen LogP contribution in [-0.2, 0) is 0 Å². The van der Waals surface area contributed by atoms with Gasteiger partial charge in [-0.3, -0.25) is 4.79 Å². The van der Waals surface area contributed by atoms with Gasteiger partial charge in [-0.1, -0.05) is 0 Å². The van der Waals surface area contributed by atoms with E-state index in [4.69, 9.17) is 11.0 Å². The fraction of sp³-hybridized carbons (Fsp3) is 0. The zero-order chi connectivity index (χ0) is 10.0. The molecule has 1 rings (SSSR count). The number of nitriles is 1. The second kappa shape index (κ2) is 3.70. The molecule has 0 saturated carbocycles. The minimum Gasteiger partial charge on any atom is -0.366 e. The van der Waals surface area contributed by atoms with Gasteiger partial charge in [-0.25, -0.2) is 4.39 Å². The molecule has 0 atom stereocenters. The van der Waals surface area contributed by atoms with Crippen molar-refractivity contribution in [3.05, 3.63) is 32.6 Å². The number of primary amides is 1. The van der Waals surface area contributed by atoms with Crippen LogP contribution >= 0.6 is 22.6 Å². The van der Waals surface area contributed by atoms with Crippen molar-refractivity contribution in [3.8, 4) is 6.07 Å². The number of carbonyl (C=O) groups is 1. The van der Waals surface area contributed by atoms with E-state index in [2.05, 4.69) is 0 Å². The van der Waals surface area contributed by atoms with Crippen molar-refractivity contribution in [1.29, 1.82) is 5.26 Å². The largest absolute Gasteiger partial charge is 0.366 e. The Balaban J connectivity index is 3.50. The third-order valence-corrected chi connectivity index (χ3v) is 2.31. The fourth-order valence-electron chi connectivity index (χ4n) is 0.865. The van der Waals surface area contributed by atoms with Crippen molar-refractivity contribution >= 4 is 28.5 Å². The predicted molar refractivity (Wildman–Crippen MR) is 52.3 cm³/mol. The first-order valence-corrected chi connectivity index (χ1v) is 4.33. The quantitative estimate of drug-likeness (QED) is 0.794. The second-order valence-electron chi connectivity index (χ2n) is 2.26. The first kappa shape index (κ1) is 9.92. The van der Waals surface area contributed by atoms with Crippen molar-refractivity contribution in [1.82, 2.24) is 0 Å². The van der Waals surface area contributed by atoms with Crippen LogP contribution in [0.5, 0.6) is 0 Å². The van der Waals surface area contributed by atoms with Gasteiger partial charge in [0.15, 0.2) is 5.82 Å². The zero-order valence-corrected chi connectivity index (χ0v) is 8.50. The van der Waals surface area contributed by atoms with Crippen LogP contribution in [0.25, 0.3) is 0 Å². The van der Waals surface area contributed by atoms with E-state index in [1.54, 1.807) is 28.7 Å². The molecule has 0 aliphatic rings. The van der Waals surface area contributed by atoms with Gasteiger partial charge in [-0.2, -0.15) is 5.26 Å². The average molecular weight is 290 g/mol. The second-order valence-corrected chi connectivity index (χ2v) is 3.42. The number of nitrogens with zero attached hydrogens (tertiary/aromatic N) is 1. The molecule has 0 radical (unpaired) electrons. The van der Waals surface area contributed by atoms with Gasteiger partial charge in [0.1, 0.15) is 11.6 Å². The van der Waals surface area contributed by atoms with Gasteiger partial charge in [-0.15, -0.1) is 0 Å². The molecule has 3 nitrogen and oxygen atoms in total. The molecule has 1 amide bonds. The molecule has 0 aromatic heterocycles. The molecule has 1 aromatic rings. The summed E-state index contributed by atoms with van der Waals surface area (Å²) in [6, 6.07) is 4.34. The van der Waals surface area contributed by atoms with Crippen molar-refractivity contribution < 1.29 is 9.18 Å². The first-order valence-electron chi connectivity index (χ1n) is 3.26. The Morgan fingerprint density at radius 3 is 2.69 bits per heavy atom. The van der Waals surface area contributed by atoms with E-state index in [9.17, 15) is 9.18 Å². The van der Waals surface area contributed by atoms with Crippen LogP contribution in [-0.4, -0.2) is 5.91 Å². The lowest BCUT2D eigenvalue weighted by molar-refractivity contribution is 0.0999. The maximum Gasteiger partial charge on any atom is 0.250 e. The standard InChI is InChI=1S/C8H4FIN2O/c9-7-5(3-11)4(8(12)13)1-2-6(7)10/h1-2H,(H2,12,13). The molecule has 0 heterocycles. The Hall–Kier alpha value is -1.16. The molecule has 0 aliphatic heterocycles. The molecule has 0 fully saturated rings. The Morgan fingerprint density at radius 1 is 1.62 bits per heavy atom. The first-order chi connectivity index (χ1) is 6.07. The van der Waals surface area contributed by atoms with Crippen LogP contribution in [0.4, 0.5) is 4.39 Å². The van der Waals surface area contributed by atoms with Crippen LogP contribution in [0.1, 0.15) is 15.9 Å². The topological polar surface area (TPSA) is 66.9 Å². The Morgan fingerprint density at radius 2 is 2.23 bits per heavy atom. The Labute approximate surface area is 87.5 Å². The van der Waals surface area contributed by atoms with Crippen LogP contribution in [0.15, 0.2) is 12.1 Å². The Bertz CT molecular complexity index is 411. The number of rotatable bonds is 1. The predicted octanol–water partition coefficient (Wildman–Crippen LogP) is 1.40. The summed E-state index contributed by atoms with van der Waals surface area (Å²) in [5.74, 6) is -1.49. The van der Waals surface area contributed by atoms with Gasteiger partial charge in [-0.05, 0) is 34.7 Å².